The average Bonchev–Trinajstić information content (AvgIpc) is 1.59. The molecule has 10 heteroatoms. The fraction of sp³-hybridized carbons (Fsp3) is 0. The van der Waals surface area contributed by atoms with Gasteiger partial charge in [-0.2, -0.15) is 0 Å². The zero-order valence-corrected chi connectivity index (χ0v) is 8.55. The van der Waals surface area contributed by atoms with E-state index in [2.05, 4.69) is 12.3 Å². The Balaban J connectivity index is -0.0000000215. The van der Waals surface area contributed by atoms with Crippen LogP contribution in [0, 0.1) is 0 Å². The van der Waals surface area contributed by atoms with E-state index in [1.165, 1.54) is 0 Å². The van der Waals surface area contributed by atoms with Gasteiger partial charge in [-0.1, -0.05) is 6.58 Å². The second-order valence-corrected chi connectivity index (χ2v) is 2.63. The van der Waals surface area contributed by atoms with Gasteiger partial charge >= 0.3 is 38.1 Å². The largest absolute Gasteiger partial charge is 2.00 e. The van der Waals surface area contributed by atoms with Crippen molar-refractivity contribution in [2.45, 2.75) is 0 Å². The SMILES string of the molecule is C=C(N)C(=O)O.O[Si](O)(O)O.[AlH3].[H-].[H-].[Mg+2]. The van der Waals surface area contributed by atoms with Gasteiger partial charge in [-0.15, -0.1) is 0 Å². The Kier molecular flexibility index (Phi) is 18.7. The molecule has 7 nitrogen and oxygen atoms in total. The zero-order valence-electron chi connectivity index (χ0n) is 8.14. The van der Waals surface area contributed by atoms with Crippen molar-refractivity contribution in [3.63, 3.8) is 0 Å². The second-order valence-electron chi connectivity index (χ2n) is 1.43. The minimum absolute atomic E-state index is 0. The van der Waals surface area contributed by atoms with E-state index < -0.39 is 15.0 Å². The van der Waals surface area contributed by atoms with Crippen molar-refractivity contribution in [2.24, 2.45) is 5.73 Å². The number of hydrogen-bond acceptors (Lipinski definition) is 6. The molecule has 76 valence electrons. The molecule has 0 fully saturated rings. The third-order valence-corrected chi connectivity index (χ3v) is 0.275. The van der Waals surface area contributed by atoms with E-state index in [4.69, 9.17) is 24.3 Å². The summed E-state index contributed by atoms with van der Waals surface area (Å²) in [5, 5.41) is 7.77. The number of carboxylic acids is 1. The van der Waals surface area contributed by atoms with Gasteiger partial charge < -0.3 is 32.9 Å². The quantitative estimate of drug-likeness (QED) is 0.200. The number of nitrogens with two attached hydrogens (primary N) is 1. The van der Waals surface area contributed by atoms with Gasteiger partial charge in [0.15, 0.2) is 17.4 Å². The molecule has 13 heavy (non-hydrogen) atoms. The minimum Gasteiger partial charge on any atom is -1.00 e. The van der Waals surface area contributed by atoms with Crippen LogP contribution in [0.25, 0.3) is 0 Å². The molecular weight excluding hydrogens is 225 g/mol. The minimum atomic E-state index is -4.61. The molecule has 0 unspecified atom stereocenters. The first-order chi connectivity index (χ1) is 4.64. The summed E-state index contributed by atoms with van der Waals surface area (Å²) in [5.41, 5.74) is 4.32. The maximum absolute atomic E-state index is 9.47. The molecule has 0 aromatic carbocycles. The van der Waals surface area contributed by atoms with Gasteiger partial charge in [0.1, 0.15) is 5.70 Å². The van der Waals surface area contributed by atoms with Crippen molar-refractivity contribution in [3.8, 4) is 0 Å². The summed E-state index contributed by atoms with van der Waals surface area (Å²) in [6.45, 7) is 2.93. The van der Waals surface area contributed by atoms with Crippen LogP contribution in [-0.2, 0) is 4.79 Å². The average molecular weight is 240 g/mol. The van der Waals surface area contributed by atoms with Gasteiger partial charge in [0.2, 0.25) is 0 Å². The molecule has 0 aliphatic rings. The van der Waals surface area contributed by atoms with Crippen molar-refractivity contribution in [3.05, 3.63) is 12.3 Å². The molecule has 0 heterocycles. The van der Waals surface area contributed by atoms with E-state index in [-0.39, 0.29) is 49.0 Å². The molecule has 0 bridgehead atoms. The molecule has 0 aromatic heterocycles. The number of carboxylic acid groups (broad SMARTS) is 1. The summed E-state index contributed by atoms with van der Waals surface area (Å²) in [5.74, 6) is -1.16. The summed E-state index contributed by atoms with van der Waals surface area (Å²) >= 11 is 0. The molecule has 7 N–H and O–H groups in total. The summed E-state index contributed by atoms with van der Waals surface area (Å²) in [7, 11) is -4.61. The first-order valence-corrected chi connectivity index (χ1v) is 4.00. The normalized spacial score (nSPS) is 8.00. The monoisotopic (exact) mass is 239 g/mol. The number of hydrogen-bond donors (Lipinski definition) is 6. The van der Waals surface area contributed by atoms with Gasteiger partial charge in [0.05, 0.1) is 0 Å². The first kappa shape index (κ1) is 23.3. The van der Waals surface area contributed by atoms with Crippen molar-refractivity contribution < 1.29 is 31.9 Å². The Morgan fingerprint density at radius 2 is 1.38 bits per heavy atom. The maximum Gasteiger partial charge on any atom is 2.00 e. The van der Waals surface area contributed by atoms with Crippen LogP contribution in [0.5, 0.6) is 0 Å². The van der Waals surface area contributed by atoms with Gasteiger partial charge in [-0.25, -0.2) is 4.79 Å². The van der Waals surface area contributed by atoms with E-state index in [0.717, 1.165) is 0 Å². The number of rotatable bonds is 1. The summed E-state index contributed by atoms with van der Waals surface area (Å²) < 4.78 is 0. The third-order valence-electron chi connectivity index (χ3n) is 0.275. The van der Waals surface area contributed by atoms with Crippen molar-refractivity contribution in [1.82, 2.24) is 0 Å². The first-order valence-electron chi connectivity index (χ1n) is 2.21. The van der Waals surface area contributed by atoms with Crippen molar-refractivity contribution >= 4 is 55.4 Å². The van der Waals surface area contributed by atoms with Crippen LogP contribution in [0.2, 0.25) is 0 Å². The van der Waals surface area contributed by atoms with Gasteiger partial charge in [0, 0.05) is 0 Å². The summed E-state index contributed by atoms with van der Waals surface area (Å²) in [6.07, 6.45) is 0. The van der Waals surface area contributed by atoms with Crippen LogP contribution in [0.15, 0.2) is 12.3 Å². The number of aliphatic carboxylic acids is 1. The van der Waals surface area contributed by atoms with Gasteiger partial charge in [-0.3, -0.25) is 0 Å². The third kappa shape index (κ3) is 69.7. The molecule has 0 aliphatic heterocycles. The molecule has 0 atom stereocenters. The van der Waals surface area contributed by atoms with Crippen molar-refractivity contribution in [2.75, 3.05) is 0 Å². The molecule has 0 amide bonds. The summed E-state index contributed by atoms with van der Waals surface area (Å²) in [4.78, 5) is 38.8. The van der Waals surface area contributed by atoms with Crippen molar-refractivity contribution in [1.29, 1.82) is 0 Å². The van der Waals surface area contributed by atoms with E-state index in [0.29, 0.717) is 0 Å². The Morgan fingerprint density at radius 1 is 1.31 bits per heavy atom. The van der Waals surface area contributed by atoms with E-state index >= 15 is 0 Å². The van der Waals surface area contributed by atoms with E-state index in [1.54, 1.807) is 0 Å². The fourth-order valence-electron chi connectivity index (χ4n) is 0. The maximum atomic E-state index is 9.47. The predicted octanol–water partition coefficient (Wildman–Crippen LogP) is -4.41. The van der Waals surface area contributed by atoms with Gasteiger partial charge in [0.25, 0.3) is 0 Å². The topological polar surface area (TPSA) is 144 Å². The fourth-order valence-corrected chi connectivity index (χ4v) is 0. The standard InChI is InChI=1S/C3H5NO2.Al.Mg.H4O4Si.5H/c1-2(4)3(5)6;;;1-5(2,3)4;;;;;/h1,4H2,(H,5,6);;;1-4H;;;;;/q;;+2;;;;;2*-1. The summed E-state index contributed by atoms with van der Waals surface area (Å²) in [6, 6.07) is 0. The van der Waals surface area contributed by atoms with Crippen LogP contribution in [0.4, 0.5) is 0 Å². The Labute approximate surface area is 105 Å². The molecule has 0 radical (unpaired) electrons. The Morgan fingerprint density at radius 3 is 1.38 bits per heavy atom. The number of carbonyl (C=O) groups is 1. The molecular formula is C3H14AlMgNO6Si. The van der Waals surface area contributed by atoms with Crippen LogP contribution < -0.4 is 5.73 Å². The van der Waals surface area contributed by atoms with Gasteiger partial charge in [-0.05, 0) is 0 Å². The Bertz CT molecular complexity index is 151. The van der Waals surface area contributed by atoms with E-state index in [1.807, 2.05) is 0 Å². The van der Waals surface area contributed by atoms with Crippen LogP contribution >= 0.6 is 0 Å². The molecule has 0 rings (SSSR count). The molecule has 0 saturated carbocycles. The predicted molar refractivity (Wildman–Crippen MR) is 53.5 cm³/mol. The smallest absolute Gasteiger partial charge is 1.00 e. The van der Waals surface area contributed by atoms with Crippen LogP contribution in [-0.4, -0.2) is 79.7 Å². The Hall–Kier alpha value is 0.366. The molecule has 0 spiro atoms. The molecule has 0 saturated heterocycles. The van der Waals surface area contributed by atoms with Crippen LogP contribution in [0.3, 0.4) is 0 Å². The zero-order chi connectivity index (χ0) is 9.65. The molecule has 0 aliphatic carbocycles. The van der Waals surface area contributed by atoms with Crippen LogP contribution in [0.1, 0.15) is 2.85 Å². The molecule has 0 aromatic rings. The second kappa shape index (κ2) is 10.4. The van der Waals surface area contributed by atoms with E-state index in [9.17, 15) is 4.79 Å².